The van der Waals surface area contributed by atoms with Gasteiger partial charge in [0.2, 0.25) is 5.91 Å². The first kappa shape index (κ1) is 45.6. The van der Waals surface area contributed by atoms with Crippen LogP contribution >= 0.6 is 0 Å². The molecule has 2 aromatic rings. The Labute approximate surface area is 357 Å². The molecule has 2 aromatic carbocycles. The summed E-state index contributed by atoms with van der Waals surface area (Å²) in [6.07, 6.45) is -6.47. The first-order chi connectivity index (χ1) is 29.6. The zero-order valence-corrected chi connectivity index (χ0v) is 34.7. The summed E-state index contributed by atoms with van der Waals surface area (Å²) in [7, 11) is 0. The lowest BCUT2D eigenvalue weighted by atomic mass is 9.62. The molecule has 7 rings (SSSR count). The van der Waals surface area contributed by atoms with Crippen LogP contribution in [-0.2, 0) is 60.7 Å². The van der Waals surface area contributed by atoms with Gasteiger partial charge in [-0.2, -0.15) is 5.06 Å². The number of esters is 2. The third-order valence-corrected chi connectivity index (χ3v) is 11.7. The lowest BCUT2D eigenvalue weighted by molar-refractivity contribution is -0.298. The molecule has 4 aliphatic heterocycles. The minimum Gasteiger partial charge on any atom is -0.460 e. The molecule has 0 spiro atoms. The molecule has 4 heterocycles. The molecule has 19 heteroatoms. The zero-order valence-electron chi connectivity index (χ0n) is 34.7. The van der Waals surface area contributed by atoms with Gasteiger partial charge in [-0.3, -0.25) is 24.0 Å². The zero-order chi connectivity index (χ0) is 44.3. The van der Waals surface area contributed by atoms with Crippen molar-refractivity contribution in [3.05, 3.63) is 76.9 Å². The molecular formula is C43H55N3O16. The summed E-state index contributed by atoms with van der Waals surface area (Å²) in [6, 6.07) is 12.0. The second-order valence-corrected chi connectivity index (χ2v) is 17.1. The number of aliphatic hydroxyl groups is 5. The van der Waals surface area contributed by atoms with Crippen LogP contribution in [-0.4, -0.2) is 154 Å². The summed E-state index contributed by atoms with van der Waals surface area (Å²) in [6.45, 7) is 4.18. The molecule has 62 heavy (non-hydrogen) atoms. The molecule has 12 atom stereocenters. The SMILES string of the molecule is CC(C)(C)OC(=O)CC[C@@H](CO)NC(=O)c1cccc(CNC(=O)[C@@]23C[C@H]4OC(=O)[C@@H]2N(Cc2ccccc2C=CCO[C@H]2O[C@H](CO)[C@H](O)[C@H](O)[C@H]2O)O[C@@H]3[C@H]2OCO[C@H]24)c1. The van der Waals surface area contributed by atoms with Crippen LogP contribution in [0.1, 0.15) is 67.1 Å². The normalized spacial score (nSPS) is 32.2. The van der Waals surface area contributed by atoms with Gasteiger partial charge in [-0.25, -0.2) is 0 Å². The Balaban J connectivity index is 1.03. The van der Waals surface area contributed by atoms with Gasteiger partial charge in [-0.05, 0) is 56.0 Å². The highest BCUT2D eigenvalue weighted by Crippen LogP contribution is 2.55. The highest BCUT2D eigenvalue weighted by molar-refractivity contribution is 5.95. The second-order valence-electron chi connectivity index (χ2n) is 17.1. The number of benzene rings is 2. The average Bonchev–Trinajstić information content (AvgIpc) is 3.88. The van der Waals surface area contributed by atoms with Crippen molar-refractivity contribution in [2.24, 2.45) is 5.41 Å². The number of rotatable bonds is 16. The third kappa shape index (κ3) is 9.58. The fraction of sp³-hybridized carbons (Fsp3) is 0.581. The van der Waals surface area contributed by atoms with Crippen molar-refractivity contribution < 1.29 is 78.0 Å². The molecule has 0 unspecified atom stereocenters. The Morgan fingerprint density at radius 2 is 1.79 bits per heavy atom. The molecule has 1 saturated carbocycles. The number of carbonyl (C=O) groups excluding carboxylic acids is 4. The smallest absolute Gasteiger partial charge is 0.327 e. The number of aliphatic hydroxyl groups excluding tert-OH is 5. The van der Waals surface area contributed by atoms with E-state index in [0.717, 1.165) is 0 Å². The quantitative estimate of drug-likeness (QED) is 0.106. The van der Waals surface area contributed by atoms with Crippen molar-refractivity contribution in [3.63, 3.8) is 0 Å². The number of nitrogens with zero attached hydrogens (tertiary/aromatic N) is 1. The van der Waals surface area contributed by atoms with Crippen LogP contribution in [0, 0.1) is 5.41 Å². The Morgan fingerprint density at radius 1 is 1.02 bits per heavy atom. The van der Waals surface area contributed by atoms with E-state index in [1.807, 2.05) is 24.3 Å². The van der Waals surface area contributed by atoms with Crippen molar-refractivity contribution in [2.75, 3.05) is 26.6 Å². The highest BCUT2D eigenvalue weighted by atomic mass is 16.8. The molecule has 0 aromatic heterocycles. The van der Waals surface area contributed by atoms with Crippen LogP contribution in [0.4, 0.5) is 0 Å². The predicted molar refractivity (Wildman–Crippen MR) is 213 cm³/mol. The lowest BCUT2D eigenvalue weighted by Gasteiger charge is -2.48. The Morgan fingerprint density at radius 3 is 2.55 bits per heavy atom. The second kappa shape index (κ2) is 19.2. The van der Waals surface area contributed by atoms with E-state index >= 15 is 0 Å². The Bertz CT molecular complexity index is 1970. The maximum absolute atomic E-state index is 14.6. The number of nitrogens with one attached hydrogen (secondary N) is 2. The van der Waals surface area contributed by atoms with E-state index in [0.29, 0.717) is 16.7 Å². The van der Waals surface area contributed by atoms with Crippen LogP contribution < -0.4 is 10.6 Å². The third-order valence-electron chi connectivity index (χ3n) is 11.7. The van der Waals surface area contributed by atoms with E-state index in [2.05, 4.69) is 10.6 Å². The first-order valence-electron chi connectivity index (χ1n) is 20.7. The standard InChI is InChI=1S/C43H55N3O16/c1-42(2,3)61-30(49)14-13-27(20-47)45-38(53)25-11-6-8-23(16-25)18-44-41(55)43-17-28-34-35(58-22-57-34)37(43)62-46(36(43)39(54)59-28)19-26-10-5-4-9-24(26)12-7-15-56-40-33(52)32(51)31(50)29(21-48)60-40/h4-12,16,27-29,31-37,40,47-48,50-52H,13-15,17-22H2,1-3H3,(H,44,55)(H,45,53)/t27-,28+,29+,31-,32-,33+,34-,35-,36-,37+,40-,43-/m0/s1. The highest BCUT2D eigenvalue weighted by Gasteiger charge is 2.74. The topological polar surface area (TPSA) is 261 Å². The van der Waals surface area contributed by atoms with Crippen molar-refractivity contribution in [2.45, 2.75) is 126 Å². The van der Waals surface area contributed by atoms with Crippen molar-refractivity contribution in [3.8, 4) is 0 Å². The van der Waals surface area contributed by atoms with Crippen molar-refractivity contribution in [1.82, 2.24) is 15.7 Å². The number of amides is 2. The molecule has 4 saturated heterocycles. The number of hydrogen-bond acceptors (Lipinski definition) is 17. The molecular weight excluding hydrogens is 814 g/mol. The van der Waals surface area contributed by atoms with E-state index in [1.54, 1.807) is 57.2 Å². The first-order valence-corrected chi connectivity index (χ1v) is 20.7. The van der Waals surface area contributed by atoms with Gasteiger partial charge in [0.1, 0.15) is 66.6 Å². The number of hydrogen-bond donors (Lipinski definition) is 7. The van der Waals surface area contributed by atoms with Crippen LogP contribution in [0.3, 0.4) is 0 Å². The molecule has 0 radical (unpaired) electrons. The Hall–Kier alpha value is -4.38. The number of hydroxylamine groups is 2. The van der Waals surface area contributed by atoms with E-state index in [4.69, 9.17) is 33.3 Å². The van der Waals surface area contributed by atoms with E-state index in [1.165, 1.54) is 5.06 Å². The number of fused-ring (bicyclic) bond motifs is 4. The monoisotopic (exact) mass is 869 g/mol. The maximum atomic E-state index is 14.6. The van der Waals surface area contributed by atoms with Gasteiger partial charge in [0.05, 0.1) is 32.4 Å². The van der Waals surface area contributed by atoms with Gasteiger partial charge < -0.3 is 64.6 Å². The van der Waals surface area contributed by atoms with Gasteiger partial charge >= 0.3 is 11.9 Å². The summed E-state index contributed by atoms with van der Waals surface area (Å²) in [5.41, 5.74) is 0.166. The van der Waals surface area contributed by atoms with Gasteiger partial charge in [0.15, 0.2) is 12.3 Å². The molecule has 1 aliphatic carbocycles. The van der Waals surface area contributed by atoms with Gasteiger partial charge in [-0.15, -0.1) is 0 Å². The van der Waals surface area contributed by atoms with E-state index in [-0.39, 0.29) is 57.9 Å². The number of carbonyl (C=O) groups is 4. The van der Waals surface area contributed by atoms with Crippen LogP contribution in [0.2, 0.25) is 0 Å². The van der Waals surface area contributed by atoms with Crippen molar-refractivity contribution >= 4 is 29.8 Å². The largest absolute Gasteiger partial charge is 0.460 e. The summed E-state index contributed by atoms with van der Waals surface area (Å²) < 4.78 is 34.1. The number of ether oxygens (including phenoxy) is 6. The van der Waals surface area contributed by atoms with Crippen LogP contribution in [0.5, 0.6) is 0 Å². The molecule has 7 N–H and O–H groups in total. The molecule has 2 amide bonds. The molecule has 19 nitrogen and oxygen atoms in total. The summed E-state index contributed by atoms with van der Waals surface area (Å²) in [4.78, 5) is 60.6. The predicted octanol–water partition coefficient (Wildman–Crippen LogP) is -0.413. The Kier molecular flexibility index (Phi) is 14.1. The van der Waals surface area contributed by atoms with Crippen LogP contribution in [0.25, 0.3) is 6.08 Å². The van der Waals surface area contributed by atoms with Crippen LogP contribution in [0.15, 0.2) is 54.6 Å². The van der Waals surface area contributed by atoms with Gasteiger partial charge in [-0.1, -0.05) is 48.6 Å². The molecule has 338 valence electrons. The lowest BCUT2D eigenvalue weighted by Crippen LogP contribution is -2.69. The van der Waals surface area contributed by atoms with E-state index in [9.17, 15) is 44.7 Å². The fourth-order valence-electron chi connectivity index (χ4n) is 8.70. The summed E-state index contributed by atoms with van der Waals surface area (Å²) in [5, 5.41) is 57.1. The van der Waals surface area contributed by atoms with Gasteiger partial charge in [0, 0.05) is 24.9 Å². The fourth-order valence-corrected chi connectivity index (χ4v) is 8.70. The minimum atomic E-state index is -1.58. The van der Waals surface area contributed by atoms with Crippen molar-refractivity contribution in [1.29, 1.82) is 0 Å². The van der Waals surface area contributed by atoms with Gasteiger partial charge in [0.25, 0.3) is 5.91 Å². The summed E-state index contributed by atoms with van der Waals surface area (Å²) >= 11 is 0. The maximum Gasteiger partial charge on any atom is 0.327 e. The molecule has 2 bridgehead atoms. The molecule has 5 aliphatic rings. The molecule has 5 fully saturated rings. The minimum absolute atomic E-state index is 0.00301. The van der Waals surface area contributed by atoms with E-state index < -0.39 is 109 Å². The average molecular weight is 870 g/mol. The summed E-state index contributed by atoms with van der Waals surface area (Å²) in [5.74, 6) is -2.05.